The van der Waals surface area contributed by atoms with Gasteiger partial charge in [-0.3, -0.25) is 9.69 Å². The van der Waals surface area contributed by atoms with Gasteiger partial charge in [0.2, 0.25) is 0 Å². The van der Waals surface area contributed by atoms with E-state index in [1.54, 1.807) is 25.1 Å². The number of halogens is 2. The lowest BCUT2D eigenvalue weighted by Crippen LogP contribution is -2.28. The topological polar surface area (TPSA) is 62.1 Å². The van der Waals surface area contributed by atoms with Crippen molar-refractivity contribution < 1.29 is 23.4 Å². The summed E-state index contributed by atoms with van der Waals surface area (Å²) in [7, 11) is 1.43. The van der Waals surface area contributed by atoms with Crippen LogP contribution in [0.4, 0.5) is 14.5 Å². The molecule has 8 heteroatoms. The molecule has 5 nitrogen and oxygen atoms in total. The highest BCUT2D eigenvalue weighted by Gasteiger charge is 2.32. The Balaban J connectivity index is 1.99. The van der Waals surface area contributed by atoms with Crippen molar-refractivity contribution in [3.05, 3.63) is 58.5 Å². The smallest absolute Gasteiger partial charge is 0.266 e. The number of phenols is 1. The van der Waals surface area contributed by atoms with Gasteiger partial charge in [0.05, 0.1) is 12.0 Å². The number of hydrogen-bond donors (Lipinski definition) is 1. The maximum absolute atomic E-state index is 13.9. The molecule has 0 atom stereocenters. The molecule has 1 heterocycles. The number of amides is 1. The van der Waals surface area contributed by atoms with Gasteiger partial charge in [0, 0.05) is 18.2 Å². The van der Waals surface area contributed by atoms with Crippen LogP contribution in [0.15, 0.2) is 46.3 Å². The van der Waals surface area contributed by atoms with Crippen molar-refractivity contribution in [1.82, 2.24) is 4.90 Å². The van der Waals surface area contributed by atoms with E-state index in [4.69, 9.17) is 4.74 Å². The van der Waals surface area contributed by atoms with E-state index in [9.17, 15) is 18.7 Å². The van der Waals surface area contributed by atoms with Gasteiger partial charge in [-0.2, -0.15) is 0 Å². The Kier molecular flexibility index (Phi) is 5.46. The number of carbonyl (C=O) groups is 1. The van der Waals surface area contributed by atoms with Crippen molar-refractivity contribution in [2.24, 2.45) is 4.99 Å². The highest BCUT2D eigenvalue weighted by molar-refractivity contribution is 8.18. The Morgan fingerprint density at radius 2 is 2.07 bits per heavy atom. The Labute approximate surface area is 159 Å². The third-order valence-electron chi connectivity index (χ3n) is 3.87. The monoisotopic (exact) mass is 390 g/mol. The van der Waals surface area contributed by atoms with E-state index in [1.165, 1.54) is 24.2 Å². The molecule has 27 heavy (non-hydrogen) atoms. The third-order valence-corrected chi connectivity index (χ3v) is 4.87. The summed E-state index contributed by atoms with van der Waals surface area (Å²) in [4.78, 5) is 18.5. The standard InChI is InChI=1S/C19H16F2N2O3S/c1-3-23-18(25)16(9-11-5-4-6-15(26-2)17(11)24)27-19(23)22-14-8-7-12(20)10-13(14)21/h4-10,24H,3H2,1-2H3/b16-9+,22-19?. The van der Waals surface area contributed by atoms with E-state index >= 15 is 0 Å². The normalized spacial score (nSPS) is 17.2. The van der Waals surface area contributed by atoms with Gasteiger partial charge in [-0.15, -0.1) is 0 Å². The van der Waals surface area contributed by atoms with Gasteiger partial charge in [0.1, 0.15) is 11.5 Å². The third kappa shape index (κ3) is 3.80. The lowest BCUT2D eigenvalue weighted by Gasteiger charge is -2.12. The Hall–Kier alpha value is -2.87. The number of nitrogens with zero attached hydrogens (tertiary/aromatic N) is 2. The molecule has 0 radical (unpaired) electrons. The number of ether oxygens (including phenoxy) is 1. The summed E-state index contributed by atoms with van der Waals surface area (Å²) in [6, 6.07) is 7.99. The molecule has 2 aromatic rings. The molecule has 0 unspecified atom stereocenters. The minimum absolute atomic E-state index is 0.0596. The second-order valence-corrected chi connectivity index (χ2v) is 6.56. The summed E-state index contributed by atoms with van der Waals surface area (Å²) in [6.07, 6.45) is 1.52. The van der Waals surface area contributed by atoms with Gasteiger partial charge in [0.25, 0.3) is 5.91 Å². The lowest BCUT2D eigenvalue weighted by atomic mass is 10.1. The number of hydrogen-bond acceptors (Lipinski definition) is 5. The van der Waals surface area contributed by atoms with Gasteiger partial charge in [0.15, 0.2) is 22.5 Å². The number of rotatable bonds is 4. The van der Waals surface area contributed by atoms with Gasteiger partial charge >= 0.3 is 0 Å². The molecule has 0 aromatic heterocycles. The van der Waals surface area contributed by atoms with Crippen LogP contribution in [0.1, 0.15) is 12.5 Å². The molecule has 1 aliphatic heterocycles. The number of benzene rings is 2. The number of aliphatic imine (C=N–C) groups is 1. The molecule has 1 N–H and O–H groups in total. The van der Waals surface area contributed by atoms with Crippen molar-refractivity contribution in [2.45, 2.75) is 6.92 Å². The first-order chi connectivity index (χ1) is 12.9. The largest absolute Gasteiger partial charge is 0.504 e. The molecule has 3 rings (SSSR count). The Morgan fingerprint density at radius 1 is 1.30 bits per heavy atom. The predicted octanol–water partition coefficient (Wildman–Crippen LogP) is 4.30. The fraction of sp³-hybridized carbons (Fsp3) is 0.158. The van der Waals surface area contributed by atoms with Gasteiger partial charge < -0.3 is 9.84 Å². The average Bonchev–Trinajstić information content (AvgIpc) is 2.93. The fourth-order valence-corrected chi connectivity index (χ4v) is 3.55. The van der Waals surface area contributed by atoms with Crippen molar-refractivity contribution in [3.63, 3.8) is 0 Å². The number of phenolic OH excluding ortho intramolecular Hbond substituents is 1. The molecule has 0 aliphatic carbocycles. The van der Waals surface area contributed by atoms with Crippen molar-refractivity contribution in [2.75, 3.05) is 13.7 Å². The first-order valence-corrected chi connectivity index (χ1v) is 8.87. The van der Waals surface area contributed by atoms with E-state index in [2.05, 4.69) is 4.99 Å². The molecule has 1 aliphatic rings. The summed E-state index contributed by atoms with van der Waals surface area (Å²) in [5.74, 6) is -1.62. The van der Waals surface area contributed by atoms with Crippen molar-refractivity contribution in [3.8, 4) is 11.5 Å². The molecule has 1 saturated heterocycles. The van der Waals surface area contributed by atoms with E-state index in [0.717, 1.165) is 23.9 Å². The van der Waals surface area contributed by atoms with Gasteiger partial charge in [-0.05, 0) is 43.0 Å². The van der Waals surface area contributed by atoms with E-state index < -0.39 is 11.6 Å². The van der Waals surface area contributed by atoms with Crippen LogP contribution in [0.3, 0.4) is 0 Å². The lowest BCUT2D eigenvalue weighted by molar-refractivity contribution is -0.122. The number of carbonyl (C=O) groups excluding carboxylic acids is 1. The zero-order valence-electron chi connectivity index (χ0n) is 14.6. The van der Waals surface area contributed by atoms with Gasteiger partial charge in [-0.25, -0.2) is 13.8 Å². The number of methoxy groups -OCH3 is 1. The van der Waals surface area contributed by atoms with Crippen LogP contribution >= 0.6 is 11.8 Å². The highest BCUT2D eigenvalue weighted by atomic mass is 32.2. The van der Waals surface area contributed by atoms with Crippen LogP contribution in [-0.4, -0.2) is 34.7 Å². The molecular weight excluding hydrogens is 374 g/mol. The molecule has 2 aromatic carbocycles. The van der Waals surface area contributed by atoms with Crippen molar-refractivity contribution in [1.29, 1.82) is 0 Å². The van der Waals surface area contributed by atoms with Crippen molar-refractivity contribution >= 4 is 34.6 Å². The number of para-hydroxylation sites is 1. The number of amidine groups is 1. The molecule has 0 saturated carbocycles. The maximum atomic E-state index is 13.9. The number of aromatic hydroxyl groups is 1. The summed E-state index contributed by atoms with van der Waals surface area (Å²) in [6.45, 7) is 2.09. The molecule has 140 valence electrons. The summed E-state index contributed by atoms with van der Waals surface area (Å²) >= 11 is 1.05. The summed E-state index contributed by atoms with van der Waals surface area (Å²) in [5, 5.41) is 10.5. The zero-order valence-corrected chi connectivity index (χ0v) is 15.4. The van der Waals surface area contributed by atoms with Crippen LogP contribution in [0.25, 0.3) is 6.08 Å². The summed E-state index contributed by atoms with van der Waals surface area (Å²) < 4.78 is 32.0. The highest BCUT2D eigenvalue weighted by Crippen LogP contribution is 2.37. The second kappa shape index (κ2) is 7.79. The molecular formula is C19H16F2N2O3S. The number of thioether (sulfide) groups is 1. The van der Waals surface area contributed by atoms with Crippen LogP contribution in [0, 0.1) is 11.6 Å². The van der Waals surface area contributed by atoms with Crippen LogP contribution in [-0.2, 0) is 4.79 Å². The number of likely N-dealkylation sites (N-methyl/N-ethyl adjacent to an activating group) is 1. The van der Waals surface area contributed by atoms with Crippen LogP contribution in [0.5, 0.6) is 11.5 Å². The Bertz CT molecular complexity index is 960. The molecule has 1 fully saturated rings. The molecule has 1 amide bonds. The predicted molar refractivity (Wildman–Crippen MR) is 101 cm³/mol. The molecule has 0 bridgehead atoms. The summed E-state index contributed by atoms with van der Waals surface area (Å²) in [5.41, 5.74) is 0.353. The minimum Gasteiger partial charge on any atom is -0.504 e. The van der Waals surface area contributed by atoms with E-state index in [0.29, 0.717) is 17.0 Å². The zero-order chi connectivity index (χ0) is 19.6. The fourth-order valence-electron chi connectivity index (χ4n) is 2.51. The van der Waals surface area contributed by atoms with Crippen LogP contribution < -0.4 is 4.74 Å². The first kappa shape index (κ1) is 18.9. The molecule has 0 spiro atoms. The van der Waals surface area contributed by atoms with Crippen LogP contribution in [0.2, 0.25) is 0 Å². The Morgan fingerprint density at radius 3 is 2.74 bits per heavy atom. The van der Waals surface area contributed by atoms with E-state index in [1.807, 2.05) is 0 Å². The first-order valence-electron chi connectivity index (χ1n) is 8.05. The quantitative estimate of drug-likeness (QED) is 0.791. The average molecular weight is 390 g/mol. The SMILES string of the molecule is CCN1C(=O)/C(=C\c2cccc(OC)c2O)SC1=Nc1ccc(F)cc1F. The maximum Gasteiger partial charge on any atom is 0.266 e. The van der Waals surface area contributed by atoms with Gasteiger partial charge in [-0.1, -0.05) is 12.1 Å². The second-order valence-electron chi connectivity index (χ2n) is 5.55. The minimum atomic E-state index is -0.811. The van der Waals surface area contributed by atoms with E-state index in [-0.39, 0.29) is 28.3 Å².